The molecule has 1 aromatic rings. The van der Waals surface area contributed by atoms with E-state index in [1.807, 2.05) is 19.9 Å². The Hall–Kier alpha value is -1.55. The minimum atomic E-state index is -0.620. The highest BCUT2D eigenvalue weighted by atomic mass is 16.6. The molecule has 0 aromatic heterocycles. The van der Waals surface area contributed by atoms with Gasteiger partial charge in [-0.3, -0.25) is 0 Å². The summed E-state index contributed by atoms with van der Waals surface area (Å²) in [5.74, 6) is -0.148. The summed E-state index contributed by atoms with van der Waals surface area (Å²) in [4.78, 5) is 12.2. The number of benzene rings is 1. The average molecular weight is 308 g/mol. The van der Waals surface area contributed by atoms with Crippen LogP contribution in [0, 0.1) is 0 Å². The predicted octanol–water partition coefficient (Wildman–Crippen LogP) is 3.85. The van der Waals surface area contributed by atoms with Crippen LogP contribution < -0.4 is 0 Å². The largest absolute Gasteiger partial charge is 0.508 e. The molecule has 1 unspecified atom stereocenters. The van der Waals surface area contributed by atoms with Crippen LogP contribution in [0.3, 0.4) is 0 Å². The summed E-state index contributed by atoms with van der Waals surface area (Å²) in [5.41, 5.74) is 0.860. The Morgan fingerprint density at radius 2 is 2.00 bits per heavy atom. The van der Waals surface area contributed by atoms with Gasteiger partial charge >= 0.3 is 5.97 Å². The molecular formula is C18H28O4. The van der Waals surface area contributed by atoms with Crippen molar-refractivity contribution in [3.63, 3.8) is 0 Å². The summed E-state index contributed by atoms with van der Waals surface area (Å²) >= 11 is 0. The fourth-order valence-electron chi connectivity index (χ4n) is 2.17. The number of phenols is 1. The minimum absolute atomic E-state index is 0.164. The lowest BCUT2D eigenvalue weighted by Crippen LogP contribution is -2.31. The van der Waals surface area contributed by atoms with Crippen molar-refractivity contribution >= 4 is 5.97 Å². The van der Waals surface area contributed by atoms with E-state index in [0.29, 0.717) is 13.0 Å². The maximum Gasteiger partial charge on any atom is 0.335 e. The number of ether oxygens (including phenoxy) is 2. The molecule has 1 rings (SSSR count). The van der Waals surface area contributed by atoms with Crippen molar-refractivity contribution in [2.45, 2.75) is 65.1 Å². The van der Waals surface area contributed by atoms with Crippen molar-refractivity contribution in [1.82, 2.24) is 0 Å². The van der Waals surface area contributed by atoms with E-state index in [2.05, 4.69) is 6.92 Å². The highest BCUT2D eigenvalue weighted by Crippen LogP contribution is 2.15. The van der Waals surface area contributed by atoms with Crippen LogP contribution in [0.4, 0.5) is 0 Å². The molecule has 0 spiro atoms. The number of aromatic hydroxyl groups is 1. The highest BCUT2D eigenvalue weighted by molar-refractivity contribution is 5.75. The molecule has 0 fully saturated rings. The fraction of sp³-hybridized carbons (Fsp3) is 0.611. The molecular weight excluding hydrogens is 280 g/mol. The molecule has 0 bridgehead atoms. The molecule has 0 aliphatic heterocycles. The number of hydrogen-bond donors (Lipinski definition) is 1. The van der Waals surface area contributed by atoms with Gasteiger partial charge in [0.15, 0.2) is 6.10 Å². The van der Waals surface area contributed by atoms with Gasteiger partial charge in [-0.2, -0.15) is 0 Å². The van der Waals surface area contributed by atoms with Crippen molar-refractivity contribution in [3.8, 4) is 5.75 Å². The average Bonchev–Trinajstić information content (AvgIpc) is 2.45. The van der Waals surface area contributed by atoms with Gasteiger partial charge in [0.25, 0.3) is 0 Å². The van der Waals surface area contributed by atoms with Crippen LogP contribution in [-0.2, 0) is 20.7 Å². The lowest BCUT2D eigenvalue weighted by atomic mass is 10.1. The maximum absolute atomic E-state index is 12.2. The first kappa shape index (κ1) is 18.5. The number of rotatable bonds is 10. The van der Waals surface area contributed by atoms with Gasteiger partial charge < -0.3 is 14.6 Å². The van der Waals surface area contributed by atoms with E-state index in [4.69, 9.17) is 9.47 Å². The van der Waals surface area contributed by atoms with Gasteiger partial charge in [-0.15, -0.1) is 0 Å². The van der Waals surface area contributed by atoms with Crippen LogP contribution in [0.2, 0.25) is 0 Å². The molecule has 0 saturated carbocycles. The molecule has 1 atom stereocenters. The summed E-state index contributed by atoms with van der Waals surface area (Å²) < 4.78 is 11.0. The maximum atomic E-state index is 12.2. The standard InChI is InChI=1S/C18H28O4/c1-4-5-6-7-11-21-17(18(20)22-14(2)3)13-15-9-8-10-16(19)12-15/h8-10,12,14,17,19H,4-7,11,13H2,1-3H3. The first-order valence-electron chi connectivity index (χ1n) is 8.13. The summed E-state index contributed by atoms with van der Waals surface area (Å²) in [6.45, 7) is 6.36. The molecule has 22 heavy (non-hydrogen) atoms. The van der Waals surface area contributed by atoms with Crippen molar-refractivity contribution in [2.75, 3.05) is 6.61 Å². The van der Waals surface area contributed by atoms with Crippen molar-refractivity contribution in [1.29, 1.82) is 0 Å². The summed E-state index contributed by atoms with van der Waals surface area (Å²) in [7, 11) is 0. The summed E-state index contributed by atoms with van der Waals surface area (Å²) in [5, 5.41) is 9.53. The van der Waals surface area contributed by atoms with Crippen LogP contribution in [0.15, 0.2) is 24.3 Å². The molecule has 4 heteroatoms. The van der Waals surface area contributed by atoms with Crippen LogP contribution in [0.5, 0.6) is 5.75 Å². The van der Waals surface area contributed by atoms with Crippen molar-refractivity contribution in [3.05, 3.63) is 29.8 Å². The van der Waals surface area contributed by atoms with E-state index in [-0.39, 0.29) is 17.8 Å². The van der Waals surface area contributed by atoms with Gasteiger partial charge in [0.05, 0.1) is 6.10 Å². The van der Waals surface area contributed by atoms with Gasteiger partial charge in [-0.1, -0.05) is 38.3 Å². The third kappa shape index (κ3) is 7.46. The smallest absolute Gasteiger partial charge is 0.335 e. The quantitative estimate of drug-likeness (QED) is 0.527. The van der Waals surface area contributed by atoms with Crippen LogP contribution in [0.1, 0.15) is 52.0 Å². The van der Waals surface area contributed by atoms with Crippen LogP contribution in [-0.4, -0.2) is 29.9 Å². The zero-order valence-electron chi connectivity index (χ0n) is 13.9. The Balaban J connectivity index is 2.59. The molecule has 1 aromatic carbocycles. The van der Waals surface area contributed by atoms with Crippen molar-refractivity contribution in [2.24, 2.45) is 0 Å². The summed E-state index contributed by atoms with van der Waals surface area (Å²) in [6.07, 6.45) is 4.02. The van der Waals surface area contributed by atoms with E-state index in [1.165, 1.54) is 12.8 Å². The molecule has 1 N–H and O–H groups in total. The van der Waals surface area contributed by atoms with Gasteiger partial charge in [-0.05, 0) is 38.0 Å². The van der Waals surface area contributed by atoms with Crippen molar-refractivity contribution < 1.29 is 19.4 Å². The van der Waals surface area contributed by atoms with Gasteiger partial charge in [0.2, 0.25) is 0 Å². The van der Waals surface area contributed by atoms with Gasteiger partial charge in [-0.25, -0.2) is 4.79 Å². The Morgan fingerprint density at radius 3 is 2.64 bits per heavy atom. The lowest BCUT2D eigenvalue weighted by molar-refractivity contribution is -0.161. The number of unbranched alkanes of at least 4 members (excludes halogenated alkanes) is 3. The zero-order valence-corrected chi connectivity index (χ0v) is 13.9. The fourth-order valence-corrected chi connectivity index (χ4v) is 2.17. The number of carbonyl (C=O) groups is 1. The van der Waals surface area contributed by atoms with Gasteiger partial charge in [0, 0.05) is 13.0 Å². The number of hydrogen-bond acceptors (Lipinski definition) is 4. The normalized spacial score (nSPS) is 12.4. The molecule has 0 aliphatic rings. The Kier molecular flexibility index (Phi) is 8.60. The van der Waals surface area contributed by atoms with E-state index in [1.54, 1.807) is 18.2 Å². The van der Waals surface area contributed by atoms with Crippen LogP contribution >= 0.6 is 0 Å². The topological polar surface area (TPSA) is 55.8 Å². The first-order chi connectivity index (χ1) is 10.5. The third-order valence-corrected chi connectivity index (χ3v) is 3.26. The molecule has 0 saturated heterocycles. The van der Waals surface area contributed by atoms with E-state index < -0.39 is 6.10 Å². The molecule has 0 radical (unpaired) electrons. The Bertz CT molecular complexity index is 442. The number of carbonyl (C=O) groups excluding carboxylic acids is 1. The number of esters is 1. The Labute approximate surface area is 133 Å². The zero-order chi connectivity index (χ0) is 16.4. The Morgan fingerprint density at radius 1 is 1.23 bits per heavy atom. The molecule has 4 nitrogen and oxygen atoms in total. The minimum Gasteiger partial charge on any atom is -0.508 e. The second kappa shape index (κ2) is 10.2. The molecule has 124 valence electrons. The molecule has 0 aliphatic carbocycles. The number of phenolic OH excluding ortho intramolecular Hbond substituents is 1. The SMILES string of the molecule is CCCCCCOC(Cc1cccc(O)c1)C(=O)OC(C)C. The highest BCUT2D eigenvalue weighted by Gasteiger charge is 2.22. The first-order valence-corrected chi connectivity index (χ1v) is 8.13. The molecule has 0 amide bonds. The van der Waals surface area contributed by atoms with E-state index in [9.17, 15) is 9.90 Å². The lowest BCUT2D eigenvalue weighted by Gasteiger charge is -2.18. The second-order valence-electron chi connectivity index (χ2n) is 5.78. The van der Waals surface area contributed by atoms with E-state index >= 15 is 0 Å². The second-order valence-corrected chi connectivity index (χ2v) is 5.78. The van der Waals surface area contributed by atoms with Crippen LogP contribution in [0.25, 0.3) is 0 Å². The third-order valence-electron chi connectivity index (χ3n) is 3.26. The molecule has 0 heterocycles. The van der Waals surface area contributed by atoms with Gasteiger partial charge in [0.1, 0.15) is 5.75 Å². The predicted molar refractivity (Wildman–Crippen MR) is 86.9 cm³/mol. The summed E-state index contributed by atoms with van der Waals surface area (Å²) in [6, 6.07) is 6.89. The van der Waals surface area contributed by atoms with E-state index in [0.717, 1.165) is 18.4 Å². The monoisotopic (exact) mass is 308 g/mol.